The Balaban J connectivity index is 1.48. The van der Waals surface area contributed by atoms with Crippen LogP contribution in [0.2, 0.25) is 0 Å². The first-order valence-corrected chi connectivity index (χ1v) is 10.8. The summed E-state index contributed by atoms with van der Waals surface area (Å²) < 4.78 is 1.72. The molecule has 0 radical (unpaired) electrons. The average Bonchev–Trinajstić information content (AvgIpc) is 3.16. The van der Waals surface area contributed by atoms with E-state index in [1.54, 1.807) is 23.0 Å². The molecule has 3 aromatic rings. The van der Waals surface area contributed by atoms with Gasteiger partial charge in [0.15, 0.2) is 0 Å². The van der Waals surface area contributed by atoms with Crippen LogP contribution in [0.1, 0.15) is 47.2 Å². The Kier molecular flexibility index (Phi) is 6.25. The Hall–Kier alpha value is -3.62. The van der Waals surface area contributed by atoms with Crippen molar-refractivity contribution >= 4 is 23.7 Å². The van der Waals surface area contributed by atoms with Crippen LogP contribution in [0, 0.1) is 20.8 Å². The van der Waals surface area contributed by atoms with Gasteiger partial charge in [0.2, 0.25) is 11.9 Å². The summed E-state index contributed by atoms with van der Waals surface area (Å²) in [6.45, 7) is 7.13. The van der Waals surface area contributed by atoms with Crippen LogP contribution >= 0.6 is 0 Å². The van der Waals surface area contributed by atoms with Crippen LogP contribution in [0.15, 0.2) is 30.6 Å². The second kappa shape index (κ2) is 9.25. The average molecular weight is 433 g/mol. The van der Waals surface area contributed by atoms with Crippen LogP contribution < -0.4 is 5.32 Å². The number of carbonyl (C=O) groups is 1. The van der Waals surface area contributed by atoms with E-state index in [4.69, 9.17) is 0 Å². The number of aromatic nitrogens is 6. The zero-order valence-electron chi connectivity index (χ0n) is 18.9. The molecule has 1 atom stereocenters. The summed E-state index contributed by atoms with van der Waals surface area (Å²) in [6, 6.07) is 3.87. The van der Waals surface area contributed by atoms with Crippen LogP contribution in [-0.2, 0) is 11.8 Å². The molecule has 1 N–H and O–H groups in total. The highest BCUT2D eigenvalue weighted by Crippen LogP contribution is 2.27. The highest BCUT2D eigenvalue weighted by Gasteiger charge is 2.25. The lowest BCUT2D eigenvalue weighted by molar-refractivity contribution is -0.127. The number of carbonyl (C=O) groups excluding carboxylic acids is 1. The molecule has 1 fully saturated rings. The van der Waals surface area contributed by atoms with E-state index in [0.717, 1.165) is 42.0 Å². The van der Waals surface area contributed by atoms with Crippen molar-refractivity contribution in [2.24, 2.45) is 7.05 Å². The number of piperidine rings is 1. The van der Waals surface area contributed by atoms with Gasteiger partial charge in [0.05, 0.1) is 11.9 Å². The number of anilines is 2. The first-order valence-electron chi connectivity index (χ1n) is 10.8. The molecule has 1 saturated heterocycles. The largest absolute Gasteiger partial charge is 0.338 e. The van der Waals surface area contributed by atoms with Gasteiger partial charge in [-0.1, -0.05) is 0 Å². The summed E-state index contributed by atoms with van der Waals surface area (Å²) in [5.41, 5.74) is 3.63. The van der Waals surface area contributed by atoms with Crippen molar-refractivity contribution in [3.8, 4) is 0 Å². The van der Waals surface area contributed by atoms with Gasteiger partial charge in [0.1, 0.15) is 11.6 Å². The fourth-order valence-electron chi connectivity index (χ4n) is 3.98. The monoisotopic (exact) mass is 432 g/mol. The summed E-state index contributed by atoms with van der Waals surface area (Å²) in [7, 11) is 1.85. The van der Waals surface area contributed by atoms with Gasteiger partial charge in [0.25, 0.3) is 0 Å². The summed E-state index contributed by atoms with van der Waals surface area (Å²) in [5.74, 6) is 2.02. The molecule has 1 aliphatic heterocycles. The van der Waals surface area contributed by atoms with Crippen molar-refractivity contribution in [1.82, 2.24) is 34.6 Å². The van der Waals surface area contributed by atoms with Gasteiger partial charge < -0.3 is 10.2 Å². The van der Waals surface area contributed by atoms with Gasteiger partial charge in [-0.3, -0.25) is 9.48 Å². The molecule has 4 heterocycles. The lowest BCUT2D eigenvalue weighted by Gasteiger charge is -2.32. The molecule has 4 rings (SSSR count). The fourth-order valence-corrected chi connectivity index (χ4v) is 3.98. The van der Waals surface area contributed by atoms with E-state index in [2.05, 4.69) is 30.4 Å². The highest BCUT2D eigenvalue weighted by molar-refractivity contribution is 5.91. The molecule has 9 nitrogen and oxygen atoms in total. The molecule has 9 heteroatoms. The van der Waals surface area contributed by atoms with E-state index >= 15 is 0 Å². The van der Waals surface area contributed by atoms with Gasteiger partial charge in [-0.2, -0.15) is 5.10 Å². The quantitative estimate of drug-likeness (QED) is 0.618. The Morgan fingerprint density at radius 2 is 1.91 bits per heavy atom. The normalized spacial score (nSPS) is 16.5. The van der Waals surface area contributed by atoms with E-state index in [9.17, 15) is 4.79 Å². The number of nitrogens with zero attached hydrogens (tertiary/aromatic N) is 7. The maximum Gasteiger partial charge on any atom is 0.246 e. The van der Waals surface area contributed by atoms with E-state index in [1.807, 2.05) is 51.0 Å². The van der Waals surface area contributed by atoms with Crippen molar-refractivity contribution in [3.05, 3.63) is 59.1 Å². The van der Waals surface area contributed by atoms with Crippen molar-refractivity contribution in [2.45, 2.75) is 39.5 Å². The Bertz CT molecular complexity index is 1130. The van der Waals surface area contributed by atoms with Crippen LogP contribution in [0.5, 0.6) is 0 Å². The number of aryl methyl sites for hydroxylation is 4. The van der Waals surface area contributed by atoms with Gasteiger partial charge in [-0.25, -0.2) is 19.9 Å². The number of hydrogen-bond acceptors (Lipinski definition) is 7. The second-order valence-corrected chi connectivity index (χ2v) is 8.23. The number of nitrogens with one attached hydrogen (secondary N) is 1. The second-order valence-electron chi connectivity index (χ2n) is 8.23. The van der Waals surface area contributed by atoms with Gasteiger partial charge >= 0.3 is 0 Å². The maximum absolute atomic E-state index is 12.7. The molecule has 3 aromatic heterocycles. The molecule has 0 bridgehead atoms. The minimum atomic E-state index is 0.00585. The van der Waals surface area contributed by atoms with Gasteiger partial charge in [-0.05, 0) is 45.8 Å². The minimum absolute atomic E-state index is 0.00585. The van der Waals surface area contributed by atoms with Crippen molar-refractivity contribution in [2.75, 3.05) is 18.4 Å². The van der Waals surface area contributed by atoms with E-state index in [1.165, 1.54) is 0 Å². The Morgan fingerprint density at radius 3 is 2.62 bits per heavy atom. The number of likely N-dealkylation sites (tertiary alicyclic amines) is 1. The minimum Gasteiger partial charge on any atom is -0.338 e. The molecule has 1 amide bonds. The summed E-state index contributed by atoms with van der Waals surface area (Å²) in [4.78, 5) is 32.7. The first-order chi connectivity index (χ1) is 15.4. The van der Waals surface area contributed by atoms with Gasteiger partial charge in [0, 0.05) is 61.3 Å². The topological polar surface area (TPSA) is 102 Å². The molecule has 1 aliphatic rings. The predicted octanol–water partition coefficient (Wildman–Crippen LogP) is 3.09. The standard InChI is InChI=1S/C23H28N8O/c1-15-10-16(2)26-23(25-15)29-21-11-20(27-17(3)28-21)19-6-5-9-31(14-19)22(32)8-7-18-12-24-30(4)13-18/h7-8,10-13,19H,5-6,9,14H2,1-4H3,(H,25,26,27,28,29)/b8-7+. The fraction of sp³-hybridized carbons (Fsp3) is 0.391. The van der Waals surface area contributed by atoms with E-state index in [-0.39, 0.29) is 11.8 Å². The zero-order valence-corrected chi connectivity index (χ0v) is 18.9. The lowest BCUT2D eigenvalue weighted by atomic mass is 9.94. The number of hydrogen-bond donors (Lipinski definition) is 1. The van der Waals surface area contributed by atoms with Crippen molar-refractivity contribution in [3.63, 3.8) is 0 Å². The first kappa shape index (κ1) is 21.6. The summed E-state index contributed by atoms with van der Waals surface area (Å²) in [5, 5.41) is 7.33. The van der Waals surface area contributed by atoms with Crippen molar-refractivity contribution in [1.29, 1.82) is 0 Å². The number of rotatable bonds is 5. The summed E-state index contributed by atoms with van der Waals surface area (Å²) in [6.07, 6.45) is 8.95. The van der Waals surface area contributed by atoms with E-state index in [0.29, 0.717) is 24.1 Å². The smallest absolute Gasteiger partial charge is 0.246 e. The SMILES string of the molecule is Cc1cc(C)nc(Nc2cc(C3CCCN(C(=O)/C=C/c4cnn(C)c4)C3)nc(C)n2)n1. The lowest BCUT2D eigenvalue weighted by Crippen LogP contribution is -2.38. The molecule has 166 valence electrons. The molecular weight excluding hydrogens is 404 g/mol. The maximum atomic E-state index is 12.7. The molecule has 1 unspecified atom stereocenters. The Labute approximate surface area is 187 Å². The third-order valence-electron chi connectivity index (χ3n) is 5.37. The van der Waals surface area contributed by atoms with Crippen LogP contribution in [0.3, 0.4) is 0 Å². The van der Waals surface area contributed by atoms with Crippen LogP contribution in [0.25, 0.3) is 6.08 Å². The van der Waals surface area contributed by atoms with Gasteiger partial charge in [-0.15, -0.1) is 0 Å². The predicted molar refractivity (Wildman–Crippen MR) is 122 cm³/mol. The zero-order chi connectivity index (χ0) is 22.7. The highest BCUT2D eigenvalue weighted by atomic mass is 16.2. The van der Waals surface area contributed by atoms with Crippen molar-refractivity contribution < 1.29 is 4.79 Å². The van der Waals surface area contributed by atoms with Crippen LogP contribution in [0.4, 0.5) is 11.8 Å². The summed E-state index contributed by atoms with van der Waals surface area (Å²) >= 11 is 0. The van der Waals surface area contributed by atoms with Crippen LogP contribution in [-0.4, -0.2) is 53.6 Å². The van der Waals surface area contributed by atoms with E-state index < -0.39 is 0 Å². The Morgan fingerprint density at radius 1 is 1.12 bits per heavy atom. The molecule has 32 heavy (non-hydrogen) atoms. The molecule has 0 aromatic carbocycles. The molecule has 0 aliphatic carbocycles. The third kappa shape index (κ3) is 5.35. The third-order valence-corrected chi connectivity index (χ3v) is 5.37. The molecule has 0 saturated carbocycles. The molecule has 0 spiro atoms. The molecular formula is C23H28N8O. The number of amides is 1.